The van der Waals surface area contributed by atoms with Gasteiger partial charge in [-0.25, -0.2) is 4.79 Å². The maximum absolute atomic E-state index is 13.0. The van der Waals surface area contributed by atoms with Gasteiger partial charge >= 0.3 is 5.97 Å². The summed E-state index contributed by atoms with van der Waals surface area (Å²) in [4.78, 5) is 25.7. The smallest absolute Gasteiger partial charge is 0.331 e. The van der Waals surface area contributed by atoms with E-state index in [-0.39, 0.29) is 18.4 Å². The Morgan fingerprint density at radius 2 is 1.90 bits per heavy atom. The molecular weight excluding hydrogens is 382 g/mol. The number of esters is 1. The highest BCUT2D eigenvalue weighted by Gasteiger charge is 2.45. The summed E-state index contributed by atoms with van der Waals surface area (Å²) in [6, 6.07) is 3.98. The van der Waals surface area contributed by atoms with Gasteiger partial charge in [-0.1, -0.05) is 5.92 Å². The van der Waals surface area contributed by atoms with Crippen LogP contribution in [0.15, 0.2) is 12.1 Å². The van der Waals surface area contributed by atoms with E-state index in [4.69, 9.17) is 14.2 Å². The summed E-state index contributed by atoms with van der Waals surface area (Å²) in [6.45, 7) is 6.71. The van der Waals surface area contributed by atoms with Crippen LogP contribution >= 0.6 is 0 Å². The van der Waals surface area contributed by atoms with Crippen LogP contribution in [0.5, 0.6) is 0 Å². The van der Waals surface area contributed by atoms with Crippen molar-refractivity contribution in [1.29, 1.82) is 0 Å². The minimum absolute atomic E-state index is 0.122. The summed E-state index contributed by atoms with van der Waals surface area (Å²) in [5.41, 5.74) is 2.86. The maximum Gasteiger partial charge on any atom is 0.331 e. The van der Waals surface area contributed by atoms with Crippen molar-refractivity contribution in [2.75, 3.05) is 27.4 Å². The Morgan fingerprint density at radius 1 is 1.20 bits per heavy atom. The van der Waals surface area contributed by atoms with Gasteiger partial charge < -0.3 is 19.5 Å². The molecule has 1 aromatic rings. The Balaban J connectivity index is 2.16. The fourth-order valence-electron chi connectivity index (χ4n) is 4.17. The van der Waals surface area contributed by atoms with Gasteiger partial charge in [0.25, 0.3) is 0 Å². The number of aryl methyl sites for hydroxylation is 2. The van der Waals surface area contributed by atoms with E-state index in [1.165, 1.54) is 7.11 Å². The second-order valence-corrected chi connectivity index (χ2v) is 7.84. The molecule has 0 aliphatic heterocycles. The van der Waals surface area contributed by atoms with E-state index in [1.54, 1.807) is 14.0 Å². The second kappa shape index (κ2) is 11.1. The minimum Gasteiger partial charge on any atom is -0.467 e. The first-order chi connectivity index (χ1) is 14.3. The molecule has 6 heteroatoms. The van der Waals surface area contributed by atoms with E-state index in [1.807, 2.05) is 26.0 Å². The van der Waals surface area contributed by atoms with Crippen molar-refractivity contribution < 1.29 is 23.8 Å². The van der Waals surface area contributed by atoms with Gasteiger partial charge in [-0.15, -0.1) is 5.92 Å². The van der Waals surface area contributed by atoms with Crippen molar-refractivity contribution in [3.8, 4) is 11.8 Å². The summed E-state index contributed by atoms with van der Waals surface area (Å²) in [7, 11) is 2.97. The average molecular weight is 416 g/mol. The lowest BCUT2D eigenvalue weighted by atomic mass is 9.79. The third kappa shape index (κ3) is 6.07. The first kappa shape index (κ1) is 23.9. The van der Waals surface area contributed by atoms with Crippen LogP contribution in [0, 0.1) is 25.7 Å². The lowest BCUT2D eigenvalue weighted by Crippen LogP contribution is -2.59. The fourth-order valence-corrected chi connectivity index (χ4v) is 4.17. The molecule has 1 aliphatic carbocycles. The monoisotopic (exact) mass is 415 g/mol. The van der Waals surface area contributed by atoms with Crippen LogP contribution in [0.25, 0.3) is 0 Å². The van der Waals surface area contributed by atoms with E-state index >= 15 is 0 Å². The molecule has 1 aliphatic rings. The minimum atomic E-state index is -1.06. The predicted octanol–water partition coefficient (Wildman–Crippen LogP) is 2.85. The molecule has 0 bridgehead atoms. The van der Waals surface area contributed by atoms with Crippen LogP contribution in [-0.2, 0) is 30.2 Å². The molecule has 1 amide bonds. The number of rotatable bonds is 8. The zero-order chi connectivity index (χ0) is 22.1. The van der Waals surface area contributed by atoms with Gasteiger partial charge in [-0.05, 0) is 68.9 Å². The summed E-state index contributed by atoms with van der Waals surface area (Å²) in [5, 5.41) is 2.99. The van der Waals surface area contributed by atoms with E-state index in [9.17, 15) is 9.59 Å². The predicted molar refractivity (Wildman–Crippen MR) is 115 cm³/mol. The molecule has 2 unspecified atom stereocenters. The van der Waals surface area contributed by atoms with Crippen LogP contribution in [0.2, 0.25) is 0 Å². The Morgan fingerprint density at radius 3 is 2.50 bits per heavy atom. The molecule has 0 aromatic heterocycles. The van der Waals surface area contributed by atoms with E-state index in [0.717, 1.165) is 35.1 Å². The summed E-state index contributed by atoms with van der Waals surface area (Å²) in [5.74, 6) is 5.34. The second-order valence-electron chi connectivity index (χ2n) is 7.84. The van der Waals surface area contributed by atoms with Gasteiger partial charge in [0.15, 0.2) is 0 Å². The van der Waals surface area contributed by atoms with Gasteiger partial charge in [0, 0.05) is 19.1 Å². The van der Waals surface area contributed by atoms with Crippen LogP contribution in [0.4, 0.5) is 0 Å². The average Bonchev–Trinajstić information content (AvgIpc) is 2.71. The molecule has 1 aromatic carbocycles. The van der Waals surface area contributed by atoms with E-state index < -0.39 is 11.5 Å². The van der Waals surface area contributed by atoms with Crippen molar-refractivity contribution in [2.45, 2.75) is 64.5 Å². The van der Waals surface area contributed by atoms with Gasteiger partial charge in [0.1, 0.15) is 5.54 Å². The maximum atomic E-state index is 13.0. The van der Waals surface area contributed by atoms with Crippen LogP contribution in [0.3, 0.4) is 0 Å². The van der Waals surface area contributed by atoms with Crippen molar-refractivity contribution in [2.24, 2.45) is 0 Å². The first-order valence-corrected chi connectivity index (χ1v) is 10.4. The van der Waals surface area contributed by atoms with Crippen LogP contribution in [-0.4, -0.2) is 51.0 Å². The Kier molecular flexibility index (Phi) is 8.88. The van der Waals surface area contributed by atoms with E-state index in [2.05, 4.69) is 17.2 Å². The number of benzene rings is 1. The van der Waals surface area contributed by atoms with Gasteiger partial charge in [0.2, 0.25) is 5.91 Å². The lowest BCUT2D eigenvalue weighted by molar-refractivity contribution is -0.155. The quantitative estimate of drug-likeness (QED) is 0.402. The van der Waals surface area contributed by atoms with Crippen LogP contribution in [0.1, 0.15) is 54.9 Å². The standard InChI is InChI=1S/C24H33NO5/c1-6-8-19-13-17(2)21(18(3)14-19)15-22(26)25-24(23(27)29-5)10-7-9-20(16-24)30-12-11-28-4/h13-14,20H,7,9-12,15-16H2,1-5H3,(H,25,26). The Bertz CT molecular complexity index is 800. The molecule has 1 N–H and O–H groups in total. The van der Waals surface area contributed by atoms with Gasteiger partial charge in [-0.2, -0.15) is 0 Å². The molecular formula is C24H33NO5. The molecule has 1 fully saturated rings. The highest BCUT2D eigenvalue weighted by atomic mass is 16.5. The molecule has 164 valence electrons. The molecule has 2 atom stereocenters. The Hall–Kier alpha value is -2.36. The summed E-state index contributed by atoms with van der Waals surface area (Å²) in [6.07, 6.45) is 2.64. The van der Waals surface area contributed by atoms with Crippen molar-refractivity contribution >= 4 is 11.9 Å². The number of carbonyl (C=O) groups excluding carboxylic acids is 2. The molecule has 0 heterocycles. The molecule has 1 saturated carbocycles. The molecule has 0 spiro atoms. The topological polar surface area (TPSA) is 73.9 Å². The number of carbonyl (C=O) groups is 2. The first-order valence-electron chi connectivity index (χ1n) is 10.4. The molecule has 6 nitrogen and oxygen atoms in total. The molecule has 30 heavy (non-hydrogen) atoms. The van der Waals surface area contributed by atoms with Crippen molar-refractivity contribution in [1.82, 2.24) is 5.32 Å². The highest BCUT2D eigenvalue weighted by molar-refractivity contribution is 5.89. The number of ether oxygens (including phenoxy) is 3. The highest BCUT2D eigenvalue weighted by Crippen LogP contribution is 2.32. The van der Waals surface area contributed by atoms with Gasteiger partial charge in [0.05, 0.1) is 32.8 Å². The van der Waals surface area contributed by atoms with E-state index in [0.29, 0.717) is 26.1 Å². The third-order valence-corrected chi connectivity index (χ3v) is 5.60. The lowest BCUT2D eigenvalue weighted by Gasteiger charge is -2.39. The van der Waals surface area contributed by atoms with Crippen molar-refractivity contribution in [3.05, 3.63) is 34.4 Å². The summed E-state index contributed by atoms with van der Waals surface area (Å²) < 4.78 is 15.9. The number of hydrogen-bond acceptors (Lipinski definition) is 5. The van der Waals surface area contributed by atoms with Crippen LogP contribution < -0.4 is 5.32 Å². The molecule has 2 rings (SSSR count). The SMILES string of the molecule is CC#Cc1cc(C)c(CC(=O)NC2(C(=O)OC)CCCC(OCCOC)C2)c(C)c1. The molecule has 0 radical (unpaired) electrons. The number of amides is 1. The zero-order valence-corrected chi connectivity index (χ0v) is 18.7. The number of methoxy groups -OCH3 is 2. The third-order valence-electron chi connectivity index (χ3n) is 5.60. The van der Waals surface area contributed by atoms with Gasteiger partial charge in [-0.3, -0.25) is 4.79 Å². The zero-order valence-electron chi connectivity index (χ0n) is 18.7. The summed E-state index contributed by atoms with van der Waals surface area (Å²) >= 11 is 0. The number of hydrogen-bond donors (Lipinski definition) is 1. The normalized spacial score (nSPS) is 20.8. The van der Waals surface area contributed by atoms with Crippen molar-refractivity contribution in [3.63, 3.8) is 0 Å². The Labute approximate surface area is 179 Å². The molecule has 0 saturated heterocycles. The largest absolute Gasteiger partial charge is 0.467 e. The number of nitrogens with one attached hydrogen (secondary N) is 1. The fraction of sp³-hybridized carbons (Fsp3) is 0.583.